The molecule has 1 fully saturated rings. The van der Waals surface area contributed by atoms with Crippen LogP contribution in [0.3, 0.4) is 0 Å². The highest BCUT2D eigenvalue weighted by Gasteiger charge is 2.24. The minimum absolute atomic E-state index is 0.0295. The fourth-order valence-corrected chi connectivity index (χ4v) is 4.18. The third kappa shape index (κ3) is 4.85. The maximum atomic E-state index is 12.3. The van der Waals surface area contributed by atoms with E-state index in [1.54, 1.807) is 11.3 Å². The van der Waals surface area contributed by atoms with Gasteiger partial charge in [0.15, 0.2) is 0 Å². The van der Waals surface area contributed by atoms with Crippen molar-refractivity contribution in [2.45, 2.75) is 38.3 Å². The van der Waals surface area contributed by atoms with E-state index in [1.165, 1.54) is 12.0 Å². The van der Waals surface area contributed by atoms with Crippen LogP contribution in [0.2, 0.25) is 0 Å². The fraction of sp³-hybridized carbons (Fsp3) is 0.381. The van der Waals surface area contributed by atoms with Gasteiger partial charge in [-0.25, -0.2) is 0 Å². The predicted octanol–water partition coefficient (Wildman–Crippen LogP) is 3.51. The Morgan fingerprint density at radius 2 is 2.14 bits per heavy atom. The maximum Gasteiger partial charge on any atom is 0.248 e. The first-order valence-electron chi connectivity index (χ1n) is 9.67. The van der Waals surface area contributed by atoms with Crippen LogP contribution < -0.4 is 5.32 Å². The summed E-state index contributed by atoms with van der Waals surface area (Å²) in [6.45, 7) is 2.72. The van der Waals surface area contributed by atoms with Crippen LogP contribution in [0.25, 0.3) is 11.5 Å². The lowest BCUT2D eigenvalue weighted by atomic mass is 10.1. The van der Waals surface area contributed by atoms with Crippen LogP contribution >= 0.6 is 11.3 Å². The maximum absolute atomic E-state index is 12.3. The molecule has 6 nitrogen and oxygen atoms in total. The van der Waals surface area contributed by atoms with Crippen LogP contribution in [0.1, 0.15) is 30.7 Å². The molecule has 3 heterocycles. The highest BCUT2D eigenvalue weighted by molar-refractivity contribution is 7.08. The minimum Gasteiger partial charge on any atom is -0.421 e. The largest absolute Gasteiger partial charge is 0.421 e. The van der Waals surface area contributed by atoms with Crippen LogP contribution in [-0.2, 0) is 17.8 Å². The monoisotopic (exact) mass is 396 g/mol. The van der Waals surface area contributed by atoms with E-state index in [9.17, 15) is 4.79 Å². The summed E-state index contributed by atoms with van der Waals surface area (Å²) >= 11 is 1.59. The van der Waals surface area contributed by atoms with Gasteiger partial charge in [-0.2, -0.15) is 11.3 Å². The number of carbonyl (C=O) groups excluding carboxylic acids is 1. The molecular formula is C21H24N4O2S. The number of nitrogens with zero attached hydrogens (tertiary/aromatic N) is 3. The molecule has 1 aromatic carbocycles. The molecule has 146 valence electrons. The highest BCUT2D eigenvalue weighted by Crippen LogP contribution is 2.21. The Hall–Kier alpha value is -2.51. The summed E-state index contributed by atoms with van der Waals surface area (Å²) in [5.74, 6) is 1.05. The number of thiophene rings is 1. The first kappa shape index (κ1) is 18.8. The fourth-order valence-electron chi connectivity index (χ4n) is 3.55. The molecule has 1 amide bonds. The average Bonchev–Trinajstić information content (AvgIpc) is 3.47. The molecule has 0 radical (unpaired) electrons. The summed E-state index contributed by atoms with van der Waals surface area (Å²) in [5.41, 5.74) is 2.24. The number of amides is 1. The van der Waals surface area contributed by atoms with E-state index in [-0.39, 0.29) is 5.91 Å². The van der Waals surface area contributed by atoms with E-state index >= 15 is 0 Å². The predicted molar refractivity (Wildman–Crippen MR) is 109 cm³/mol. The number of aromatic nitrogens is 2. The van der Waals surface area contributed by atoms with E-state index < -0.39 is 0 Å². The van der Waals surface area contributed by atoms with Gasteiger partial charge in [0.2, 0.25) is 17.7 Å². The van der Waals surface area contributed by atoms with Crippen molar-refractivity contribution < 1.29 is 9.21 Å². The second-order valence-electron chi connectivity index (χ2n) is 7.07. The van der Waals surface area contributed by atoms with E-state index in [4.69, 9.17) is 4.42 Å². The van der Waals surface area contributed by atoms with E-state index in [0.717, 1.165) is 25.1 Å². The van der Waals surface area contributed by atoms with Crippen LogP contribution in [0.15, 0.2) is 51.6 Å². The Morgan fingerprint density at radius 1 is 1.25 bits per heavy atom. The zero-order valence-electron chi connectivity index (χ0n) is 15.7. The molecule has 3 aromatic rings. The number of hydrogen-bond donors (Lipinski definition) is 1. The SMILES string of the molecule is O=C(CCc1nnc(-c2ccsc2)o1)NC[C@@H]1CCCN1Cc1ccccc1. The van der Waals surface area contributed by atoms with Gasteiger partial charge in [0.1, 0.15) is 0 Å². The summed E-state index contributed by atoms with van der Waals surface area (Å²) in [6.07, 6.45) is 3.12. The van der Waals surface area contributed by atoms with Crippen LogP contribution in [0.5, 0.6) is 0 Å². The van der Waals surface area contributed by atoms with Crippen molar-refractivity contribution in [1.82, 2.24) is 20.4 Å². The normalized spacial score (nSPS) is 17.1. The van der Waals surface area contributed by atoms with Gasteiger partial charge in [-0.1, -0.05) is 30.3 Å². The Morgan fingerprint density at radius 3 is 2.96 bits per heavy atom. The summed E-state index contributed by atoms with van der Waals surface area (Å²) < 4.78 is 5.64. The second kappa shape index (κ2) is 9.12. The van der Waals surface area contributed by atoms with Crippen molar-refractivity contribution in [3.63, 3.8) is 0 Å². The highest BCUT2D eigenvalue weighted by atomic mass is 32.1. The van der Waals surface area contributed by atoms with E-state index in [0.29, 0.717) is 37.2 Å². The van der Waals surface area contributed by atoms with Gasteiger partial charge in [0, 0.05) is 42.9 Å². The molecule has 0 spiro atoms. The molecule has 4 rings (SSSR count). The van der Waals surface area contributed by atoms with Crippen molar-refractivity contribution in [1.29, 1.82) is 0 Å². The molecule has 7 heteroatoms. The molecule has 28 heavy (non-hydrogen) atoms. The molecule has 1 atom stereocenters. The number of hydrogen-bond acceptors (Lipinski definition) is 6. The molecular weight excluding hydrogens is 372 g/mol. The molecule has 0 saturated carbocycles. The summed E-state index contributed by atoms with van der Waals surface area (Å²) in [6, 6.07) is 12.8. The third-order valence-corrected chi connectivity index (χ3v) is 5.75. The van der Waals surface area contributed by atoms with Gasteiger partial charge >= 0.3 is 0 Å². The molecule has 0 unspecified atom stereocenters. The standard InChI is InChI=1S/C21H24N4O2S/c26-19(8-9-20-23-24-21(27-20)17-10-12-28-15-17)22-13-18-7-4-11-25(18)14-16-5-2-1-3-6-16/h1-3,5-6,10,12,15,18H,4,7-9,11,13-14H2,(H,22,26)/t18-/m0/s1. The molecule has 1 aliphatic heterocycles. The summed E-state index contributed by atoms with van der Waals surface area (Å²) in [7, 11) is 0. The topological polar surface area (TPSA) is 71.3 Å². The van der Waals surface area contributed by atoms with Crippen molar-refractivity contribution >= 4 is 17.2 Å². The van der Waals surface area contributed by atoms with Gasteiger partial charge < -0.3 is 9.73 Å². The minimum atomic E-state index is 0.0295. The Labute approximate surface area is 168 Å². The number of carbonyl (C=O) groups is 1. The van der Waals surface area contributed by atoms with Crippen molar-refractivity contribution in [3.05, 3.63) is 58.6 Å². The van der Waals surface area contributed by atoms with Gasteiger partial charge in [-0.05, 0) is 36.4 Å². The smallest absolute Gasteiger partial charge is 0.248 e. The van der Waals surface area contributed by atoms with Crippen LogP contribution in [-0.4, -0.2) is 40.1 Å². The lowest BCUT2D eigenvalue weighted by molar-refractivity contribution is -0.121. The Kier molecular flexibility index (Phi) is 6.14. The second-order valence-corrected chi connectivity index (χ2v) is 7.85. The lowest BCUT2D eigenvalue weighted by Gasteiger charge is -2.24. The molecule has 0 bridgehead atoms. The summed E-state index contributed by atoms with van der Waals surface area (Å²) in [4.78, 5) is 14.7. The van der Waals surface area contributed by atoms with Crippen molar-refractivity contribution in [2.24, 2.45) is 0 Å². The zero-order valence-corrected chi connectivity index (χ0v) is 16.5. The number of nitrogens with one attached hydrogen (secondary N) is 1. The van der Waals surface area contributed by atoms with Crippen molar-refractivity contribution in [2.75, 3.05) is 13.1 Å². The van der Waals surface area contributed by atoms with Crippen LogP contribution in [0.4, 0.5) is 0 Å². The van der Waals surface area contributed by atoms with Crippen molar-refractivity contribution in [3.8, 4) is 11.5 Å². The first-order chi connectivity index (χ1) is 13.8. The number of rotatable bonds is 8. The van der Waals surface area contributed by atoms with Gasteiger partial charge in [-0.3, -0.25) is 9.69 Å². The van der Waals surface area contributed by atoms with Crippen LogP contribution in [0, 0.1) is 0 Å². The molecule has 2 aromatic heterocycles. The zero-order chi connectivity index (χ0) is 19.2. The molecule has 0 aliphatic carbocycles. The van der Waals surface area contributed by atoms with Gasteiger partial charge in [0.05, 0.1) is 0 Å². The van der Waals surface area contributed by atoms with E-state index in [1.807, 2.05) is 22.9 Å². The molecule has 1 saturated heterocycles. The average molecular weight is 397 g/mol. The Balaban J connectivity index is 1.22. The van der Waals surface area contributed by atoms with Gasteiger partial charge in [0.25, 0.3) is 0 Å². The third-order valence-electron chi connectivity index (χ3n) is 5.06. The molecule has 1 N–H and O–H groups in total. The number of likely N-dealkylation sites (tertiary alicyclic amines) is 1. The van der Waals surface area contributed by atoms with E-state index in [2.05, 4.69) is 44.7 Å². The summed E-state index contributed by atoms with van der Waals surface area (Å²) in [5, 5.41) is 15.1. The van der Waals surface area contributed by atoms with Gasteiger partial charge in [-0.15, -0.1) is 10.2 Å². The number of benzene rings is 1. The first-order valence-corrected chi connectivity index (χ1v) is 10.6. The quantitative estimate of drug-likeness (QED) is 0.631. The Bertz CT molecular complexity index is 879. The lowest BCUT2D eigenvalue weighted by Crippen LogP contribution is -2.39. The molecule has 1 aliphatic rings. The number of aryl methyl sites for hydroxylation is 1.